The largest absolute Gasteiger partial charge is 0.485 e. The SMILES string of the molecule is CCn1nc(C)cc1COc1c(Cl)cc(Cl)cc1CN. The summed E-state index contributed by atoms with van der Waals surface area (Å²) in [5.41, 5.74) is 8.46. The monoisotopic (exact) mass is 313 g/mol. The highest BCUT2D eigenvalue weighted by atomic mass is 35.5. The molecular weight excluding hydrogens is 297 g/mol. The molecule has 0 aliphatic heterocycles. The van der Waals surface area contributed by atoms with Crippen molar-refractivity contribution in [3.8, 4) is 5.75 Å². The zero-order valence-corrected chi connectivity index (χ0v) is 13.0. The highest BCUT2D eigenvalue weighted by molar-refractivity contribution is 6.35. The standard InChI is InChI=1S/C14H17Cl2N3O/c1-3-19-12(4-9(2)18-19)8-20-14-10(7-17)5-11(15)6-13(14)16/h4-6H,3,7-8,17H2,1-2H3. The Labute approximate surface area is 128 Å². The molecule has 0 amide bonds. The molecule has 0 aliphatic rings. The molecule has 2 rings (SSSR count). The van der Waals surface area contributed by atoms with Crippen molar-refractivity contribution in [1.29, 1.82) is 0 Å². The van der Waals surface area contributed by atoms with Crippen molar-refractivity contribution >= 4 is 23.2 Å². The summed E-state index contributed by atoms with van der Waals surface area (Å²) < 4.78 is 7.73. The van der Waals surface area contributed by atoms with E-state index in [-0.39, 0.29) is 0 Å². The summed E-state index contributed by atoms with van der Waals surface area (Å²) in [6.07, 6.45) is 0. The first-order valence-corrected chi connectivity index (χ1v) is 7.14. The van der Waals surface area contributed by atoms with Gasteiger partial charge in [-0.05, 0) is 32.0 Å². The van der Waals surface area contributed by atoms with E-state index >= 15 is 0 Å². The van der Waals surface area contributed by atoms with Crippen LogP contribution in [0, 0.1) is 6.92 Å². The van der Waals surface area contributed by atoms with Gasteiger partial charge in [0.15, 0.2) is 0 Å². The lowest BCUT2D eigenvalue weighted by atomic mass is 10.2. The molecule has 1 aromatic carbocycles. The first kappa shape index (κ1) is 15.2. The van der Waals surface area contributed by atoms with Crippen molar-refractivity contribution in [2.75, 3.05) is 0 Å². The zero-order valence-electron chi connectivity index (χ0n) is 11.5. The van der Waals surface area contributed by atoms with Crippen molar-refractivity contribution in [3.05, 3.63) is 45.2 Å². The van der Waals surface area contributed by atoms with Gasteiger partial charge in [-0.1, -0.05) is 23.2 Å². The molecule has 0 aliphatic carbocycles. The summed E-state index contributed by atoms with van der Waals surface area (Å²) in [6.45, 7) is 5.50. The maximum atomic E-state index is 6.17. The lowest BCUT2D eigenvalue weighted by Gasteiger charge is -2.13. The first-order chi connectivity index (χ1) is 9.55. The number of nitrogens with zero attached hydrogens (tertiary/aromatic N) is 2. The van der Waals surface area contributed by atoms with E-state index in [4.69, 9.17) is 33.7 Å². The van der Waals surface area contributed by atoms with E-state index < -0.39 is 0 Å². The van der Waals surface area contributed by atoms with Gasteiger partial charge in [0.25, 0.3) is 0 Å². The van der Waals surface area contributed by atoms with Gasteiger partial charge in [0, 0.05) is 23.7 Å². The number of halogens is 2. The molecule has 0 spiro atoms. The van der Waals surface area contributed by atoms with Crippen LogP contribution in [-0.4, -0.2) is 9.78 Å². The minimum atomic E-state index is 0.321. The minimum absolute atomic E-state index is 0.321. The molecular formula is C14H17Cl2N3O. The van der Waals surface area contributed by atoms with Crippen LogP contribution in [0.15, 0.2) is 18.2 Å². The number of aromatic nitrogens is 2. The van der Waals surface area contributed by atoms with Crippen LogP contribution in [0.2, 0.25) is 10.0 Å². The van der Waals surface area contributed by atoms with Gasteiger partial charge < -0.3 is 10.5 Å². The van der Waals surface area contributed by atoms with E-state index in [1.165, 1.54) is 0 Å². The summed E-state index contributed by atoms with van der Waals surface area (Å²) >= 11 is 12.1. The van der Waals surface area contributed by atoms with Crippen LogP contribution >= 0.6 is 23.2 Å². The second-order valence-electron chi connectivity index (χ2n) is 4.46. The highest BCUT2D eigenvalue weighted by Gasteiger charge is 2.12. The smallest absolute Gasteiger partial charge is 0.143 e. The van der Waals surface area contributed by atoms with Crippen molar-refractivity contribution in [3.63, 3.8) is 0 Å². The summed E-state index contributed by atoms with van der Waals surface area (Å²) in [4.78, 5) is 0. The van der Waals surface area contributed by atoms with E-state index in [2.05, 4.69) is 5.10 Å². The van der Waals surface area contributed by atoms with Gasteiger partial charge in [-0.3, -0.25) is 4.68 Å². The average Bonchev–Trinajstić information content (AvgIpc) is 2.77. The third-order valence-corrected chi connectivity index (χ3v) is 3.45. The molecule has 20 heavy (non-hydrogen) atoms. The lowest BCUT2D eigenvalue weighted by molar-refractivity contribution is 0.290. The van der Waals surface area contributed by atoms with E-state index in [9.17, 15) is 0 Å². The number of aryl methyl sites for hydroxylation is 2. The van der Waals surface area contributed by atoms with Crippen molar-refractivity contribution < 1.29 is 4.74 Å². The molecule has 0 unspecified atom stereocenters. The molecule has 1 aromatic heterocycles. The molecule has 2 N–H and O–H groups in total. The summed E-state index contributed by atoms with van der Waals surface area (Å²) in [5, 5.41) is 5.40. The number of ether oxygens (including phenoxy) is 1. The Bertz CT molecular complexity index is 611. The Morgan fingerprint density at radius 1 is 1.30 bits per heavy atom. The molecule has 0 radical (unpaired) electrons. The molecule has 6 heteroatoms. The van der Waals surface area contributed by atoms with Gasteiger partial charge in [-0.15, -0.1) is 0 Å². The predicted octanol–water partition coefficient (Wildman–Crippen LogP) is 3.56. The Kier molecular flexibility index (Phi) is 4.91. The molecule has 2 aromatic rings. The van der Waals surface area contributed by atoms with Crippen LogP contribution in [0.1, 0.15) is 23.9 Å². The molecule has 0 bridgehead atoms. The number of hydrogen-bond donors (Lipinski definition) is 1. The Morgan fingerprint density at radius 3 is 2.70 bits per heavy atom. The fraction of sp³-hybridized carbons (Fsp3) is 0.357. The van der Waals surface area contributed by atoms with Crippen LogP contribution in [0.3, 0.4) is 0 Å². The van der Waals surface area contributed by atoms with Crippen molar-refractivity contribution in [2.24, 2.45) is 5.73 Å². The minimum Gasteiger partial charge on any atom is -0.485 e. The van der Waals surface area contributed by atoms with Gasteiger partial charge in [0.05, 0.1) is 16.4 Å². The maximum absolute atomic E-state index is 6.17. The lowest BCUT2D eigenvalue weighted by Crippen LogP contribution is -2.08. The van der Waals surface area contributed by atoms with E-state index in [0.717, 1.165) is 23.5 Å². The predicted molar refractivity (Wildman–Crippen MR) is 81.3 cm³/mol. The number of rotatable bonds is 5. The number of benzene rings is 1. The highest BCUT2D eigenvalue weighted by Crippen LogP contribution is 2.32. The van der Waals surface area contributed by atoms with Gasteiger partial charge in [0.2, 0.25) is 0 Å². The Balaban J connectivity index is 2.22. The molecule has 0 saturated heterocycles. The van der Waals surface area contributed by atoms with Crippen LogP contribution in [0.4, 0.5) is 0 Å². The fourth-order valence-electron chi connectivity index (χ4n) is 2.06. The Morgan fingerprint density at radius 2 is 2.05 bits per heavy atom. The van der Waals surface area contributed by atoms with Crippen molar-refractivity contribution in [2.45, 2.75) is 33.5 Å². The third-order valence-electron chi connectivity index (χ3n) is 2.95. The molecule has 0 atom stereocenters. The maximum Gasteiger partial charge on any atom is 0.143 e. The average molecular weight is 314 g/mol. The van der Waals surface area contributed by atoms with Crippen molar-refractivity contribution in [1.82, 2.24) is 9.78 Å². The normalized spacial score (nSPS) is 10.8. The van der Waals surface area contributed by atoms with E-state index in [0.29, 0.717) is 28.9 Å². The molecule has 4 nitrogen and oxygen atoms in total. The molecule has 0 saturated carbocycles. The number of hydrogen-bond acceptors (Lipinski definition) is 3. The van der Waals surface area contributed by atoms with E-state index in [1.54, 1.807) is 12.1 Å². The molecule has 108 valence electrons. The first-order valence-electron chi connectivity index (χ1n) is 6.39. The third kappa shape index (κ3) is 3.26. The van der Waals surface area contributed by atoms with Gasteiger partial charge in [-0.25, -0.2) is 0 Å². The topological polar surface area (TPSA) is 53.1 Å². The molecule has 1 heterocycles. The summed E-state index contributed by atoms with van der Waals surface area (Å²) in [7, 11) is 0. The van der Waals surface area contributed by atoms with Crippen LogP contribution in [0.5, 0.6) is 5.75 Å². The van der Waals surface area contributed by atoms with Gasteiger partial charge >= 0.3 is 0 Å². The van der Waals surface area contributed by atoms with Crippen LogP contribution < -0.4 is 10.5 Å². The fourth-order valence-corrected chi connectivity index (χ4v) is 2.65. The number of nitrogens with two attached hydrogens (primary N) is 1. The second-order valence-corrected chi connectivity index (χ2v) is 5.31. The molecule has 0 fully saturated rings. The van der Waals surface area contributed by atoms with Gasteiger partial charge in [-0.2, -0.15) is 5.10 Å². The second kappa shape index (κ2) is 6.48. The van der Waals surface area contributed by atoms with Crippen LogP contribution in [-0.2, 0) is 19.7 Å². The summed E-state index contributed by atoms with van der Waals surface area (Å²) in [5.74, 6) is 0.583. The Hall–Kier alpha value is -1.23. The summed E-state index contributed by atoms with van der Waals surface area (Å²) in [6, 6.07) is 5.42. The van der Waals surface area contributed by atoms with Gasteiger partial charge in [0.1, 0.15) is 12.4 Å². The zero-order chi connectivity index (χ0) is 14.7. The van der Waals surface area contributed by atoms with E-state index in [1.807, 2.05) is 24.6 Å². The quantitative estimate of drug-likeness (QED) is 0.918. The van der Waals surface area contributed by atoms with Crippen LogP contribution in [0.25, 0.3) is 0 Å².